The van der Waals surface area contributed by atoms with Gasteiger partial charge in [-0.2, -0.15) is 0 Å². The van der Waals surface area contributed by atoms with E-state index < -0.39 is 10.0 Å². The first-order valence-electron chi connectivity index (χ1n) is 5.74. The molecule has 0 spiro atoms. The molecule has 4 nitrogen and oxygen atoms in total. The Bertz CT molecular complexity index is 324. The summed E-state index contributed by atoms with van der Waals surface area (Å²) in [5.41, 5.74) is 5.65. The molecular formula is C10H20N2O2S. The summed E-state index contributed by atoms with van der Waals surface area (Å²) in [7, 11) is -2.96. The van der Waals surface area contributed by atoms with Crippen molar-refractivity contribution in [2.75, 3.05) is 19.6 Å². The van der Waals surface area contributed by atoms with E-state index in [0.717, 1.165) is 19.3 Å². The first kappa shape index (κ1) is 11.4. The SMILES string of the molecule is CC1CN(S(=O)(=O)C2CC2)CCC1CN. The van der Waals surface area contributed by atoms with Gasteiger partial charge in [-0.15, -0.1) is 0 Å². The number of nitrogens with zero attached hydrogens (tertiary/aromatic N) is 1. The summed E-state index contributed by atoms with van der Waals surface area (Å²) in [6, 6.07) is 0. The van der Waals surface area contributed by atoms with Crippen LogP contribution < -0.4 is 5.73 Å². The molecule has 1 aliphatic heterocycles. The Morgan fingerprint density at radius 2 is 2.00 bits per heavy atom. The van der Waals surface area contributed by atoms with Crippen LogP contribution in [-0.2, 0) is 10.0 Å². The molecule has 0 bridgehead atoms. The summed E-state index contributed by atoms with van der Waals surface area (Å²) in [5.74, 6) is 0.896. The quantitative estimate of drug-likeness (QED) is 0.766. The average molecular weight is 232 g/mol. The minimum atomic E-state index is -2.96. The summed E-state index contributed by atoms with van der Waals surface area (Å²) in [4.78, 5) is 0. The highest BCUT2D eigenvalue weighted by atomic mass is 32.2. The van der Waals surface area contributed by atoms with Gasteiger partial charge in [-0.1, -0.05) is 6.92 Å². The van der Waals surface area contributed by atoms with E-state index in [-0.39, 0.29) is 5.25 Å². The summed E-state index contributed by atoms with van der Waals surface area (Å²) in [6.45, 7) is 4.12. The highest BCUT2D eigenvalue weighted by molar-refractivity contribution is 7.90. The van der Waals surface area contributed by atoms with Crippen LogP contribution in [0.15, 0.2) is 0 Å². The fourth-order valence-electron chi connectivity index (χ4n) is 2.31. The van der Waals surface area contributed by atoms with Crippen LogP contribution in [0.1, 0.15) is 26.2 Å². The lowest BCUT2D eigenvalue weighted by Gasteiger charge is -2.35. The molecular weight excluding hydrogens is 212 g/mol. The zero-order valence-corrected chi connectivity index (χ0v) is 10.0. The molecule has 1 heterocycles. The summed E-state index contributed by atoms with van der Waals surface area (Å²) >= 11 is 0. The molecule has 2 N–H and O–H groups in total. The molecule has 2 fully saturated rings. The Morgan fingerprint density at radius 1 is 1.33 bits per heavy atom. The molecule has 2 unspecified atom stereocenters. The van der Waals surface area contributed by atoms with Crippen molar-refractivity contribution < 1.29 is 8.42 Å². The summed E-state index contributed by atoms with van der Waals surface area (Å²) in [6.07, 6.45) is 2.63. The van der Waals surface area contributed by atoms with Crippen LogP contribution in [0.3, 0.4) is 0 Å². The lowest BCUT2D eigenvalue weighted by atomic mass is 9.88. The average Bonchev–Trinajstić information content (AvgIpc) is 3.00. The molecule has 0 aromatic carbocycles. The van der Waals surface area contributed by atoms with Gasteiger partial charge in [-0.3, -0.25) is 0 Å². The molecule has 0 radical (unpaired) electrons. The van der Waals surface area contributed by atoms with Gasteiger partial charge in [-0.25, -0.2) is 12.7 Å². The van der Waals surface area contributed by atoms with Crippen LogP contribution in [0.25, 0.3) is 0 Å². The molecule has 15 heavy (non-hydrogen) atoms. The van der Waals surface area contributed by atoms with Gasteiger partial charge in [0.15, 0.2) is 0 Å². The number of piperidine rings is 1. The van der Waals surface area contributed by atoms with Gasteiger partial charge in [-0.05, 0) is 37.6 Å². The Morgan fingerprint density at radius 3 is 2.47 bits per heavy atom. The highest BCUT2D eigenvalue weighted by Crippen LogP contribution is 2.34. The molecule has 2 rings (SSSR count). The van der Waals surface area contributed by atoms with Crippen molar-refractivity contribution in [2.24, 2.45) is 17.6 Å². The molecule has 2 aliphatic rings. The van der Waals surface area contributed by atoms with Crippen molar-refractivity contribution in [1.82, 2.24) is 4.31 Å². The van der Waals surface area contributed by atoms with Crippen molar-refractivity contribution in [1.29, 1.82) is 0 Å². The van der Waals surface area contributed by atoms with Gasteiger partial charge in [0.1, 0.15) is 0 Å². The second kappa shape index (κ2) is 4.03. The van der Waals surface area contributed by atoms with Crippen LogP contribution in [0, 0.1) is 11.8 Å². The Labute approximate surface area is 91.9 Å². The van der Waals surface area contributed by atoms with Crippen molar-refractivity contribution in [3.63, 3.8) is 0 Å². The number of hydrogen-bond donors (Lipinski definition) is 1. The lowest BCUT2D eigenvalue weighted by molar-refractivity contribution is 0.203. The predicted octanol–water partition coefficient (Wildman–Crippen LogP) is 0.395. The second-order valence-corrected chi connectivity index (χ2v) is 7.08. The van der Waals surface area contributed by atoms with Crippen molar-refractivity contribution >= 4 is 10.0 Å². The fraction of sp³-hybridized carbons (Fsp3) is 1.00. The highest BCUT2D eigenvalue weighted by Gasteiger charge is 2.42. The van der Waals surface area contributed by atoms with Gasteiger partial charge >= 0.3 is 0 Å². The van der Waals surface area contributed by atoms with Gasteiger partial charge in [0.05, 0.1) is 5.25 Å². The third kappa shape index (κ3) is 2.19. The fourth-order valence-corrected chi connectivity index (χ4v) is 4.27. The maximum atomic E-state index is 12.0. The van der Waals surface area contributed by atoms with E-state index >= 15 is 0 Å². The third-order valence-electron chi connectivity index (χ3n) is 3.65. The first-order valence-corrected chi connectivity index (χ1v) is 7.25. The molecule has 1 saturated carbocycles. The van der Waals surface area contributed by atoms with Crippen LogP contribution in [0.2, 0.25) is 0 Å². The summed E-state index contributed by atoms with van der Waals surface area (Å²) < 4.78 is 25.6. The van der Waals surface area contributed by atoms with E-state index in [1.54, 1.807) is 4.31 Å². The van der Waals surface area contributed by atoms with Gasteiger partial charge in [0, 0.05) is 13.1 Å². The number of sulfonamides is 1. The molecule has 1 saturated heterocycles. The van der Waals surface area contributed by atoms with Crippen molar-refractivity contribution in [3.05, 3.63) is 0 Å². The van der Waals surface area contributed by atoms with Gasteiger partial charge in [0.2, 0.25) is 10.0 Å². The normalized spacial score (nSPS) is 34.3. The number of rotatable bonds is 3. The second-order valence-electron chi connectivity index (χ2n) is 4.86. The minimum absolute atomic E-state index is 0.0703. The first-order chi connectivity index (χ1) is 7.05. The molecule has 0 amide bonds. The van der Waals surface area contributed by atoms with E-state index in [1.807, 2.05) is 0 Å². The number of hydrogen-bond acceptors (Lipinski definition) is 3. The van der Waals surface area contributed by atoms with Crippen LogP contribution in [0.5, 0.6) is 0 Å². The van der Waals surface area contributed by atoms with Crippen molar-refractivity contribution in [3.8, 4) is 0 Å². The van der Waals surface area contributed by atoms with Crippen LogP contribution in [0.4, 0.5) is 0 Å². The molecule has 88 valence electrons. The van der Waals surface area contributed by atoms with E-state index in [9.17, 15) is 8.42 Å². The molecule has 1 aliphatic carbocycles. The van der Waals surface area contributed by atoms with E-state index in [4.69, 9.17) is 5.73 Å². The molecule has 0 aromatic rings. The largest absolute Gasteiger partial charge is 0.330 e. The smallest absolute Gasteiger partial charge is 0.216 e. The van der Waals surface area contributed by atoms with Crippen molar-refractivity contribution in [2.45, 2.75) is 31.4 Å². The minimum Gasteiger partial charge on any atom is -0.330 e. The Balaban J connectivity index is 2.02. The lowest BCUT2D eigenvalue weighted by Crippen LogP contribution is -2.45. The van der Waals surface area contributed by atoms with Gasteiger partial charge in [0.25, 0.3) is 0 Å². The topological polar surface area (TPSA) is 63.4 Å². The summed E-state index contributed by atoms with van der Waals surface area (Å²) in [5, 5.41) is -0.0703. The molecule has 0 aromatic heterocycles. The van der Waals surface area contributed by atoms with E-state index in [0.29, 0.717) is 31.5 Å². The maximum absolute atomic E-state index is 12.0. The van der Waals surface area contributed by atoms with Gasteiger partial charge < -0.3 is 5.73 Å². The molecule has 5 heteroatoms. The van der Waals surface area contributed by atoms with Crippen LogP contribution in [-0.4, -0.2) is 37.6 Å². The number of nitrogens with two attached hydrogens (primary N) is 1. The zero-order chi connectivity index (χ0) is 11.1. The standard InChI is InChI=1S/C10H20N2O2S/c1-8-7-12(5-4-9(8)6-11)15(13,14)10-2-3-10/h8-10H,2-7,11H2,1H3. The maximum Gasteiger partial charge on any atom is 0.216 e. The Kier molecular flexibility index (Phi) is 3.05. The Hall–Kier alpha value is -0.130. The molecule has 2 atom stereocenters. The zero-order valence-electron chi connectivity index (χ0n) is 9.22. The monoisotopic (exact) mass is 232 g/mol. The van der Waals surface area contributed by atoms with Crippen LogP contribution >= 0.6 is 0 Å². The predicted molar refractivity (Wildman–Crippen MR) is 59.8 cm³/mol. The van der Waals surface area contributed by atoms with E-state index in [1.165, 1.54) is 0 Å². The van der Waals surface area contributed by atoms with E-state index in [2.05, 4.69) is 6.92 Å². The third-order valence-corrected chi connectivity index (χ3v) is 6.02.